The summed E-state index contributed by atoms with van der Waals surface area (Å²) in [6.45, 7) is 2.06. The summed E-state index contributed by atoms with van der Waals surface area (Å²) in [6, 6.07) is 22.4. The second-order valence-corrected chi connectivity index (χ2v) is 7.12. The van der Waals surface area contributed by atoms with Crippen molar-refractivity contribution in [3.63, 3.8) is 0 Å². The molecule has 0 fully saturated rings. The minimum absolute atomic E-state index is 0.754. The van der Waals surface area contributed by atoms with Crippen molar-refractivity contribution in [1.29, 1.82) is 0 Å². The van der Waals surface area contributed by atoms with Crippen molar-refractivity contribution in [1.82, 2.24) is 9.97 Å². The molecule has 0 unspecified atom stereocenters. The Morgan fingerprint density at radius 1 is 0.833 bits per heavy atom. The quantitative estimate of drug-likeness (QED) is 0.453. The summed E-state index contributed by atoms with van der Waals surface area (Å²) in [7, 11) is 0. The van der Waals surface area contributed by atoms with Gasteiger partial charge in [-0.3, -0.25) is 0 Å². The van der Waals surface area contributed by atoms with E-state index in [4.69, 9.17) is 16.6 Å². The zero-order chi connectivity index (χ0) is 16.5. The fraction of sp³-hybridized carbons (Fsp3) is 0.0500. The van der Waals surface area contributed by atoms with Gasteiger partial charge in [0.25, 0.3) is 0 Å². The molecule has 4 rings (SSSR count). The highest BCUT2D eigenvalue weighted by Crippen LogP contribution is 2.35. The first kappa shape index (κ1) is 15.2. The highest BCUT2D eigenvalue weighted by atomic mass is 35.5. The third kappa shape index (κ3) is 2.88. The number of hydrogen-bond donors (Lipinski definition) is 1. The summed E-state index contributed by atoms with van der Waals surface area (Å²) >= 11 is 7.69. The Labute approximate surface area is 149 Å². The van der Waals surface area contributed by atoms with Crippen molar-refractivity contribution < 1.29 is 0 Å². The van der Waals surface area contributed by atoms with Crippen LogP contribution < -0.4 is 0 Å². The lowest BCUT2D eigenvalue weighted by Gasteiger charge is -1.97. The van der Waals surface area contributed by atoms with Crippen LogP contribution in [0.15, 0.2) is 66.7 Å². The van der Waals surface area contributed by atoms with Crippen molar-refractivity contribution in [2.45, 2.75) is 6.92 Å². The SMILES string of the molecule is Cc1[nH]c(-c2ccc(-c3ccc(Cl)cc3)s2)nc1-c1ccccc1. The van der Waals surface area contributed by atoms with Gasteiger partial charge in [0.1, 0.15) is 5.82 Å². The van der Waals surface area contributed by atoms with Gasteiger partial charge < -0.3 is 4.98 Å². The number of imidazole rings is 1. The second-order valence-electron chi connectivity index (χ2n) is 5.60. The highest BCUT2D eigenvalue weighted by molar-refractivity contribution is 7.18. The van der Waals surface area contributed by atoms with E-state index in [0.29, 0.717) is 0 Å². The van der Waals surface area contributed by atoms with Crippen LogP contribution in [0.25, 0.3) is 32.4 Å². The van der Waals surface area contributed by atoms with Gasteiger partial charge in [-0.25, -0.2) is 4.98 Å². The first-order valence-corrected chi connectivity index (χ1v) is 8.88. The number of nitrogens with one attached hydrogen (secondary N) is 1. The summed E-state index contributed by atoms with van der Waals surface area (Å²) < 4.78 is 0. The predicted molar refractivity (Wildman–Crippen MR) is 103 cm³/mol. The molecule has 0 radical (unpaired) electrons. The monoisotopic (exact) mass is 350 g/mol. The molecule has 2 aromatic heterocycles. The number of nitrogens with zero attached hydrogens (tertiary/aromatic N) is 1. The average Bonchev–Trinajstić information content (AvgIpc) is 3.23. The fourth-order valence-electron chi connectivity index (χ4n) is 2.69. The predicted octanol–water partition coefficient (Wildman–Crippen LogP) is 6.43. The van der Waals surface area contributed by atoms with Crippen molar-refractivity contribution in [3.05, 3.63) is 77.4 Å². The summed E-state index contributed by atoms with van der Waals surface area (Å²) in [5, 5.41) is 0.754. The van der Waals surface area contributed by atoms with Crippen LogP contribution in [0.5, 0.6) is 0 Å². The molecule has 0 atom stereocenters. The zero-order valence-electron chi connectivity index (χ0n) is 13.1. The Morgan fingerprint density at radius 2 is 1.54 bits per heavy atom. The molecule has 1 N–H and O–H groups in total. The lowest BCUT2D eigenvalue weighted by molar-refractivity contribution is 1.26. The van der Waals surface area contributed by atoms with Gasteiger partial charge in [0.05, 0.1) is 10.6 Å². The molecule has 4 aromatic rings. The molecular weight excluding hydrogens is 336 g/mol. The standard InChI is InChI=1S/C20H15ClN2S/c1-13-19(15-5-3-2-4-6-15)23-20(22-13)18-12-11-17(24-18)14-7-9-16(21)10-8-14/h2-12H,1H3,(H,22,23). The summed E-state index contributed by atoms with van der Waals surface area (Å²) in [4.78, 5) is 10.6. The Hall–Kier alpha value is -2.36. The number of benzene rings is 2. The molecule has 0 saturated heterocycles. The van der Waals surface area contributed by atoms with Crippen molar-refractivity contribution >= 4 is 22.9 Å². The van der Waals surface area contributed by atoms with Crippen LogP contribution in [0.4, 0.5) is 0 Å². The van der Waals surface area contributed by atoms with E-state index in [2.05, 4.69) is 36.2 Å². The topological polar surface area (TPSA) is 28.7 Å². The molecular formula is C20H15ClN2S. The molecule has 2 aromatic carbocycles. The van der Waals surface area contributed by atoms with E-state index in [-0.39, 0.29) is 0 Å². The summed E-state index contributed by atoms with van der Waals surface area (Å²) in [5.74, 6) is 0.913. The number of thiophene rings is 1. The highest BCUT2D eigenvalue weighted by Gasteiger charge is 2.12. The lowest BCUT2D eigenvalue weighted by Crippen LogP contribution is -1.79. The maximum Gasteiger partial charge on any atom is 0.148 e. The van der Waals surface area contributed by atoms with Crippen LogP contribution in [0, 0.1) is 6.92 Å². The van der Waals surface area contributed by atoms with Crippen molar-refractivity contribution in [2.75, 3.05) is 0 Å². The maximum absolute atomic E-state index is 5.97. The molecule has 0 aliphatic rings. The second kappa shape index (κ2) is 6.27. The molecule has 0 aliphatic carbocycles. The van der Waals surface area contributed by atoms with Crippen molar-refractivity contribution in [3.8, 4) is 32.4 Å². The van der Waals surface area contributed by atoms with Crippen LogP contribution in [-0.4, -0.2) is 9.97 Å². The Balaban J connectivity index is 1.69. The molecule has 0 amide bonds. The molecule has 4 heteroatoms. The average molecular weight is 351 g/mol. The van der Waals surface area contributed by atoms with E-state index in [9.17, 15) is 0 Å². The van der Waals surface area contributed by atoms with Gasteiger partial charge in [0.15, 0.2) is 0 Å². The van der Waals surface area contributed by atoms with E-state index >= 15 is 0 Å². The van der Waals surface area contributed by atoms with E-state index in [1.807, 2.05) is 42.5 Å². The van der Waals surface area contributed by atoms with Gasteiger partial charge in [-0.05, 0) is 36.8 Å². The molecule has 2 heterocycles. The minimum Gasteiger partial charge on any atom is -0.341 e. The minimum atomic E-state index is 0.754. The van der Waals surface area contributed by atoms with Gasteiger partial charge in [-0.1, -0.05) is 54.1 Å². The van der Waals surface area contributed by atoms with E-state index in [1.54, 1.807) is 11.3 Å². The number of halogens is 1. The normalized spacial score (nSPS) is 10.9. The molecule has 0 aliphatic heterocycles. The summed E-state index contributed by atoms with van der Waals surface area (Å²) in [5.41, 5.74) is 4.39. The van der Waals surface area contributed by atoms with E-state index in [1.165, 1.54) is 10.4 Å². The molecule has 24 heavy (non-hydrogen) atoms. The smallest absolute Gasteiger partial charge is 0.148 e. The van der Waals surface area contributed by atoms with Crippen LogP contribution in [-0.2, 0) is 0 Å². The number of rotatable bonds is 3. The first-order chi connectivity index (χ1) is 11.7. The number of aryl methyl sites for hydroxylation is 1. The van der Waals surface area contributed by atoms with Gasteiger partial charge in [0.2, 0.25) is 0 Å². The first-order valence-electron chi connectivity index (χ1n) is 7.69. The third-order valence-electron chi connectivity index (χ3n) is 3.90. The van der Waals surface area contributed by atoms with E-state index < -0.39 is 0 Å². The fourth-order valence-corrected chi connectivity index (χ4v) is 3.77. The maximum atomic E-state index is 5.97. The molecule has 2 nitrogen and oxygen atoms in total. The van der Waals surface area contributed by atoms with Gasteiger partial charge in [-0.15, -0.1) is 11.3 Å². The van der Waals surface area contributed by atoms with Crippen molar-refractivity contribution in [2.24, 2.45) is 0 Å². The van der Waals surface area contributed by atoms with Crippen LogP contribution in [0.3, 0.4) is 0 Å². The Kier molecular flexibility index (Phi) is 3.97. The number of H-pyrrole nitrogens is 1. The van der Waals surface area contributed by atoms with Crippen LogP contribution in [0.2, 0.25) is 5.02 Å². The molecule has 0 saturated carbocycles. The zero-order valence-corrected chi connectivity index (χ0v) is 14.7. The van der Waals surface area contributed by atoms with Crippen LogP contribution in [0.1, 0.15) is 5.69 Å². The van der Waals surface area contributed by atoms with E-state index in [0.717, 1.165) is 32.7 Å². The molecule has 0 spiro atoms. The number of hydrogen-bond acceptors (Lipinski definition) is 2. The van der Waals surface area contributed by atoms with Gasteiger partial charge in [-0.2, -0.15) is 0 Å². The Morgan fingerprint density at radius 3 is 2.29 bits per heavy atom. The molecule has 0 bridgehead atoms. The van der Waals surface area contributed by atoms with Gasteiger partial charge >= 0.3 is 0 Å². The molecule has 118 valence electrons. The summed E-state index contributed by atoms with van der Waals surface area (Å²) in [6.07, 6.45) is 0. The third-order valence-corrected chi connectivity index (χ3v) is 5.29. The van der Waals surface area contributed by atoms with Crippen LogP contribution >= 0.6 is 22.9 Å². The Bertz CT molecular complexity index is 969. The largest absolute Gasteiger partial charge is 0.341 e. The number of aromatic amines is 1. The lowest BCUT2D eigenvalue weighted by atomic mass is 10.1. The van der Waals surface area contributed by atoms with Gasteiger partial charge in [0, 0.05) is 21.2 Å². The number of aromatic nitrogens is 2.